The fourth-order valence-corrected chi connectivity index (χ4v) is 2.12. The lowest BCUT2D eigenvalue weighted by atomic mass is 9.78. The van der Waals surface area contributed by atoms with Crippen LogP contribution in [0.15, 0.2) is 12.1 Å². The Morgan fingerprint density at radius 3 is 1.65 bits per heavy atom. The van der Waals surface area contributed by atoms with Gasteiger partial charge in [0.1, 0.15) is 11.8 Å². The molecule has 0 heterocycles. The lowest BCUT2D eigenvalue weighted by Crippen LogP contribution is -2.24. The van der Waals surface area contributed by atoms with Crippen molar-refractivity contribution in [3.05, 3.63) is 28.8 Å². The van der Waals surface area contributed by atoms with Crippen molar-refractivity contribution in [2.24, 2.45) is 5.73 Å². The zero-order valence-electron chi connectivity index (χ0n) is 13.1. The molecule has 0 bridgehead atoms. The summed E-state index contributed by atoms with van der Waals surface area (Å²) in [7, 11) is 0. The Morgan fingerprint density at radius 1 is 1.05 bits per heavy atom. The van der Waals surface area contributed by atoms with Gasteiger partial charge < -0.3 is 15.9 Å². The predicted octanol–water partition coefficient (Wildman–Crippen LogP) is 3.07. The number of phenolic OH excluding ortho intramolecular Hbond substituents is 1. The van der Waals surface area contributed by atoms with E-state index in [1.54, 1.807) is 12.1 Å². The number of phenols is 1. The van der Waals surface area contributed by atoms with Gasteiger partial charge in [-0.1, -0.05) is 41.5 Å². The van der Waals surface area contributed by atoms with Crippen LogP contribution in [0.3, 0.4) is 0 Å². The van der Waals surface area contributed by atoms with Crippen LogP contribution in [0.4, 0.5) is 0 Å². The van der Waals surface area contributed by atoms with Gasteiger partial charge in [0.2, 0.25) is 0 Å². The third-order valence-electron chi connectivity index (χ3n) is 3.37. The maximum absolute atomic E-state index is 11.1. The van der Waals surface area contributed by atoms with E-state index < -0.39 is 12.0 Å². The molecule has 1 atom stereocenters. The van der Waals surface area contributed by atoms with Gasteiger partial charge in [-0.15, -0.1) is 0 Å². The van der Waals surface area contributed by atoms with Crippen molar-refractivity contribution in [1.82, 2.24) is 0 Å². The minimum atomic E-state index is -1.09. The molecule has 0 amide bonds. The van der Waals surface area contributed by atoms with Crippen LogP contribution >= 0.6 is 0 Å². The lowest BCUT2D eigenvalue weighted by Gasteiger charge is -2.28. The number of carboxylic acids is 1. The van der Waals surface area contributed by atoms with Crippen molar-refractivity contribution < 1.29 is 15.0 Å². The number of nitrogens with two attached hydrogens (primary N) is 1. The summed E-state index contributed by atoms with van der Waals surface area (Å²) in [5, 5.41) is 19.6. The van der Waals surface area contributed by atoms with Crippen LogP contribution in [0.25, 0.3) is 0 Å². The van der Waals surface area contributed by atoms with Crippen LogP contribution in [0.1, 0.15) is 64.3 Å². The smallest absolute Gasteiger partial charge is 0.325 e. The summed E-state index contributed by atoms with van der Waals surface area (Å²) in [6.45, 7) is 11.9. The van der Waals surface area contributed by atoms with E-state index in [-0.39, 0.29) is 16.6 Å². The molecule has 0 aliphatic heterocycles. The van der Waals surface area contributed by atoms with Gasteiger partial charge in [-0.3, -0.25) is 4.79 Å². The Bertz CT molecular complexity index is 486. The molecule has 0 radical (unpaired) electrons. The number of carbonyl (C=O) groups is 1. The van der Waals surface area contributed by atoms with Crippen LogP contribution < -0.4 is 5.73 Å². The fraction of sp³-hybridized carbons (Fsp3) is 0.562. The Morgan fingerprint density at radius 2 is 1.40 bits per heavy atom. The Labute approximate surface area is 120 Å². The third kappa shape index (κ3) is 3.31. The van der Waals surface area contributed by atoms with E-state index in [1.165, 1.54) is 0 Å². The van der Waals surface area contributed by atoms with E-state index in [2.05, 4.69) is 0 Å². The molecule has 0 saturated heterocycles. The standard InChI is InChI=1S/C16H25NO3/c1-15(2,3)10-7-9(12(17)14(19)20)8-11(13(10)18)16(4,5)6/h7-8,12,18H,17H2,1-6H3,(H,19,20)/t12-/m1/s1. The molecule has 1 aromatic rings. The highest BCUT2D eigenvalue weighted by Crippen LogP contribution is 2.40. The molecule has 4 heteroatoms. The molecule has 0 aliphatic carbocycles. The Kier molecular flexibility index (Phi) is 4.20. The highest BCUT2D eigenvalue weighted by Gasteiger charge is 2.28. The summed E-state index contributed by atoms with van der Waals surface area (Å²) in [5.41, 5.74) is 7.10. The average molecular weight is 279 g/mol. The predicted molar refractivity (Wildman–Crippen MR) is 80.1 cm³/mol. The summed E-state index contributed by atoms with van der Waals surface area (Å²) < 4.78 is 0. The molecule has 1 aromatic carbocycles. The number of aliphatic carboxylic acids is 1. The minimum Gasteiger partial charge on any atom is -0.507 e. The van der Waals surface area contributed by atoms with E-state index in [4.69, 9.17) is 10.8 Å². The highest BCUT2D eigenvalue weighted by molar-refractivity contribution is 5.75. The number of carboxylic acid groups (broad SMARTS) is 1. The molecule has 20 heavy (non-hydrogen) atoms. The zero-order valence-corrected chi connectivity index (χ0v) is 13.1. The van der Waals surface area contributed by atoms with Crippen LogP contribution in [0.5, 0.6) is 5.75 Å². The van der Waals surface area contributed by atoms with E-state index in [0.717, 1.165) is 11.1 Å². The van der Waals surface area contributed by atoms with Gasteiger partial charge in [0.15, 0.2) is 0 Å². The van der Waals surface area contributed by atoms with Crippen molar-refractivity contribution in [2.75, 3.05) is 0 Å². The fourth-order valence-electron chi connectivity index (χ4n) is 2.12. The van der Waals surface area contributed by atoms with E-state index >= 15 is 0 Å². The van der Waals surface area contributed by atoms with Crippen LogP contribution in [-0.4, -0.2) is 16.2 Å². The quantitative estimate of drug-likeness (QED) is 0.777. The Hall–Kier alpha value is -1.55. The molecule has 1 rings (SSSR count). The van der Waals surface area contributed by atoms with Gasteiger partial charge in [0.05, 0.1) is 0 Å². The first kappa shape index (κ1) is 16.5. The second-order valence-electron chi connectivity index (χ2n) is 7.28. The van der Waals surface area contributed by atoms with E-state index in [1.807, 2.05) is 41.5 Å². The molecule has 0 spiro atoms. The number of hydrogen-bond acceptors (Lipinski definition) is 3. The normalized spacial score (nSPS) is 14.2. The molecule has 4 nitrogen and oxygen atoms in total. The second kappa shape index (κ2) is 5.09. The molecular formula is C16H25NO3. The first-order valence-corrected chi connectivity index (χ1v) is 6.72. The number of rotatable bonds is 2. The summed E-state index contributed by atoms with van der Waals surface area (Å²) in [6, 6.07) is 2.31. The summed E-state index contributed by atoms with van der Waals surface area (Å²) in [5.74, 6) is -0.846. The monoisotopic (exact) mass is 279 g/mol. The largest absolute Gasteiger partial charge is 0.507 e. The molecule has 0 aliphatic rings. The van der Waals surface area contributed by atoms with Gasteiger partial charge in [0, 0.05) is 0 Å². The third-order valence-corrected chi connectivity index (χ3v) is 3.37. The van der Waals surface area contributed by atoms with Crippen molar-refractivity contribution in [3.8, 4) is 5.75 Å². The number of aromatic hydroxyl groups is 1. The molecule has 112 valence electrons. The second-order valence-corrected chi connectivity index (χ2v) is 7.28. The molecule has 0 fully saturated rings. The van der Waals surface area contributed by atoms with Gasteiger partial charge >= 0.3 is 5.97 Å². The van der Waals surface area contributed by atoms with E-state index in [9.17, 15) is 9.90 Å². The van der Waals surface area contributed by atoms with Crippen LogP contribution in [0, 0.1) is 0 Å². The SMILES string of the molecule is CC(C)(C)c1cc([C@@H](N)C(=O)O)cc(C(C)(C)C)c1O. The number of benzene rings is 1. The zero-order chi connectivity index (χ0) is 15.9. The van der Waals surface area contributed by atoms with Crippen LogP contribution in [0.2, 0.25) is 0 Å². The minimum absolute atomic E-state index is 0.228. The summed E-state index contributed by atoms with van der Waals surface area (Å²) >= 11 is 0. The van der Waals surface area contributed by atoms with Crippen molar-refractivity contribution >= 4 is 5.97 Å². The van der Waals surface area contributed by atoms with E-state index in [0.29, 0.717) is 5.56 Å². The first-order valence-electron chi connectivity index (χ1n) is 6.72. The van der Waals surface area contributed by atoms with Gasteiger partial charge in [0.25, 0.3) is 0 Å². The van der Waals surface area contributed by atoms with Crippen LogP contribution in [-0.2, 0) is 15.6 Å². The van der Waals surface area contributed by atoms with Gasteiger partial charge in [-0.25, -0.2) is 0 Å². The maximum Gasteiger partial charge on any atom is 0.325 e. The first-order chi connectivity index (χ1) is 8.85. The highest BCUT2D eigenvalue weighted by atomic mass is 16.4. The summed E-state index contributed by atoms with van der Waals surface area (Å²) in [4.78, 5) is 11.1. The van der Waals surface area contributed by atoms with Crippen molar-refractivity contribution in [2.45, 2.75) is 58.4 Å². The average Bonchev–Trinajstić information content (AvgIpc) is 2.24. The van der Waals surface area contributed by atoms with Crippen molar-refractivity contribution in [3.63, 3.8) is 0 Å². The molecular weight excluding hydrogens is 254 g/mol. The molecule has 0 saturated carbocycles. The van der Waals surface area contributed by atoms with Gasteiger partial charge in [-0.2, -0.15) is 0 Å². The van der Waals surface area contributed by atoms with Gasteiger partial charge in [-0.05, 0) is 39.7 Å². The lowest BCUT2D eigenvalue weighted by molar-refractivity contribution is -0.138. The topological polar surface area (TPSA) is 83.6 Å². The summed E-state index contributed by atoms with van der Waals surface area (Å²) in [6.07, 6.45) is 0. The van der Waals surface area contributed by atoms with Crippen molar-refractivity contribution in [1.29, 1.82) is 0 Å². The maximum atomic E-state index is 11.1. The molecule has 0 unspecified atom stereocenters. The number of hydrogen-bond donors (Lipinski definition) is 3. The Balaban J connectivity index is 3.63. The molecule has 4 N–H and O–H groups in total. The molecule has 0 aromatic heterocycles.